The number of hydrogen-bond acceptors (Lipinski definition) is 4. The third-order valence-corrected chi connectivity index (χ3v) is 4.82. The Morgan fingerprint density at radius 1 is 1.38 bits per heavy atom. The molecule has 2 unspecified atom stereocenters. The lowest BCUT2D eigenvalue weighted by Crippen LogP contribution is -2.56. The molecule has 0 radical (unpaired) electrons. The van der Waals surface area contributed by atoms with Gasteiger partial charge >= 0.3 is 0 Å². The van der Waals surface area contributed by atoms with Crippen molar-refractivity contribution in [1.29, 1.82) is 0 Å². The maximum Gasteiger partial charge on any atom is 0.254 e. The maximum absolute atomic E-state index is 12.9. The van der Waals surface area contributed by atoms with Crippen LogP contribution in [-0.2, 0) is 0 Å². The fraction of sp³-hybridized carbons (Fsp3) is 0.562. The number of nitrogens with one attached hydrogen (secondary N) is 1. The van der Waals surface area contributed by atoms with E-state index in [-0.39, 0.29) is 11.9 Å². The van der Waals surface area contributed by atoms with Crippen LogP contribution in [0.15, 0.2) is 18.2 Å². The van der Waals surface area contributed by atoms with Crippen LogP contribution in [0.5, 0.6) is 0 Å². The molecular weight excluding hydrogens is 264 g/mol. The molecule has 114 valence electrons. The Hall–Kier alpha value is -1.59. The Kier molecular flexibility index (Phi) is 3.87. The van der Waals surface area contributed by atoms with Crippen LogP contribution in [-0.4, -0.2) is 47.4 Å². The zero-order valence-corrected chi connectivity index (χ0v) is 12.8. The van der Waals surface area contributed by atoms with Crippen molar-refractivity contribution in [1.82, 2.24) is 9.80 Å². The van der Waals surface area contributed by atoms with Gasteiger partial charge in [0.15, 0.2) is 0 Å². The number of aryl methyl sites for hydroxylation is 1. The highest BCUT2D eigenvalue weighted by Gasteiger charge is 2.36. The molecule has 0 saturated carbocycles. The summed E-state index contributed by atoms with van der Waals surface area (Å²) in [4.78, 5) is 17.5. The second-order valence-corrected chi connectivity index (χ2v) is 6.27. The summed E-state index contributed by atoms with van der Waals surface area (Å²) in [6, 6.07) is 6.48. The van der Waals surface area contributed by atoms with Crippen LogP contribution in [0, 0.1) is 6.92 Å². The molecule has 2 atom stereocenters. The number of hydrogen-bond donors (Lipinski definition) is 2. The van der Waals surface area contributed by atoms with Crippen molar-refractivity contribution in [2.45, 2.75) is 38.8 Å². The predicted octanol–water partition coefficient (Wildman–Crippen LogP) is 1.59. The minimum atomic E-state index is 0.148. The summed E-state index contributed by atoms with van der Waals surface area (Å²) in [5.41, 5.74) is 5.21. The van der Waals surface area contributed by atoms with Crippen molar-refractivity contribution in [3.8, 4) is 0 Å². The van der Waals surface area contributed by atoms with Gasteiger partial charge in [-0.2, -0.15) is 0 Å². The van der Waals surface area contributed by atoms with Gasteiger partial charge in [0.2, 0.25) is 0 Å². The Morgan fingerprint density at radius 2 is 2.19 bits per heavy atom. The number of benzene rings is 1. The molecule has 2 saturated heterocycles. The smallest absolute Gasteiger partial charge is 0.254 e. The van der Waals surface area contributed by atoms with Crippen molar-refractivity contribution in [2.75, 3.05) is 25.1 Å². The number of nitrogen functional groups attached to an aromatic ring is 1. The van der Waals surface area contributed by atoms with Crippen molar-refractivity contribution in [3.05, 3.63) is 29.3 Å². The fourth-order valence-electron chi connectivity index (χ4n) is 3.62. The summed E-state index contributed by atoms with van der Waals surface area (Å²) < 4.78 is 0. The van der Waals surface area contributed by atoms with Gasteiger partial charge in [-0.25, -0.2) is 0 Å². The van der Waals surface area contributed by atoms with Crippen LogP contribution in [0.3, 0.4) is 0 Å². The molecule has 0 bridgehead atoms. The van der Waals surface area contributed by atoms with Crippen LogP contribution in [0.25, 0.3) is 0 Å². The molecule has 3 N–H and O–H groups in total. The highest BCUT2D eigenvalue weighted by Crippen LogP contribution is 2.26. The van der Waals surface area contributed by atoms with E-state index in [2.05, 4.69) is 17.2 Å². The summed E-state index contributed by atoms with van der Waals surface area (Å²) in [5.74, 6) is 5.57. The fourth-order valence-corrected chi connectivity index (χ4v) is 3.62. The SMILES string of the molecule is Cc1cc(NN)ccc1C(=O)N1CC2CCCN2CC1C. The maximum atomic E-state index is 12.9. The average molecular weight is 288 g/mol. The van der Waals surface area contributed by atoms with Crippen LogP contribution < -0.4 is 11.3 Å². The molecule has 1 aromatic rings. The van der Waals surface area contributed by atoms with Crippen LogP contribution in [0.4, 0.5) is 5.69 Å². The molecule has 1 amide bonds. The number of hydrazine groups is 1. The number of carbonyl (C=O) groups excluding carboxylic acids is 1. The molecular formula is C16H24N4O. The number of carbonyl (C=O) groups is 1. The number of amides is 1. The molecule has 2 fully saturated rings. The first-order chi connectivity index (χ1) is 10.1. The Labute approximate surface area is 126 Å². The normalized spacial score (nSPS) is 25.8. The van der Waals surface area contributed by atoms with Gasteiger partial charge in [0.05, 0.1) is 0 Å². The van der Waals surface area contributed by atoms with E-state index < -0.39 is 0 Å². The van der Waals surface area contributed by atoms with E-state index in [4.69, 9.17) is 5.84 Å². The van der Waals surface area contributed by atoms with E-state index in [1.807, 2.05) is 30.0 Å². The van der Waals surface area contributed by atoms with E-state index in [1.54, 1.807) is 0 Å². The van der Waals surface area contributed by atoms with E-state index in [9.17, 15) is 4.79 Å². The highest BCUT2D eigenvalue weighted by atomic mass is 16.2. The molecule has 2 aliphatic rings. The van der Waals surface area contributed by atoms with Crippen molar-refractivity contribution in [3.63, 3.8) is 0 Å². The zero-order valence-electron chi connectivity index (χ0n) is 12.8. The molecule has 0 aromatic heterocycles. The summed E-state index contributed by atoms with van der Waals surface area (Å²) >= 11 is 0. The average Bonchev–Trinajstić information content (AvgIpc) is 2.92. The van der Waals surface area contributed by atoms with E-state index in [0.29, 0.717) is 6.04 Å². The van der Waals surface area contributed by atoms with Crippen molar-refractivity contribution in [2.24, 2.45) is 5.84 Å². The predicted molar refractivity (Wildman–Crippen MR) is 84.1 cm³/mol. The van der Waals surface area contributed by atoms with Gasteiger partial charge in [-0.3, -0.25) is 15.5 Å². The van der Waals surface area contributed by atoms with Crippen molar-refractivity contribution < 1.29 is 4.79 Å². The first kappa shape index (κ1) is 14.4. The van der Waals surface area contributed by atoms with Crippen LogP contribution >= 0.6 is 0 Å². The van der Waals surface area contributed by atoms with E-state index in [1.165, 1.54) is 19.4 Å². The first-order valence-electron chi connectivity index (χ1n) is 7.72. The van der Waals surface area contributed by atoms with E-state index >= 15 is 0 Å². The number of rotatable bonds is 2. The third kappa shape index (κ3) is 2.63. The van der Waals surface area contributed by atoms with Gasteiger partial charge < -0.3 is 10.3 Å². The van der Waals surface area contributed by atoms with E-state index in [0.717, 1.165) is 29.9 Å². The molecule has 21 heavy (non-hydrogen) atoms. The lowest BCUT2D eigenvalue weighted by atomic mass is 10.0. The van der Waals surface area contributed by atoms with Crippen molar-refractivity contribution >= 4 is 11.6 Å². The molecule has 2 aliphatic heterocycles. The molecule has 3 rings (SSSR count). The van der Waals surface area contributed by atoms with Gasteiger partial charge in [-0.05, 0) is 57.0 Å². The number of fused-ring (bicyclic) bond motifs is 1. The largest absolute Gasteiger partial charge is 0.333 e. The lowest BCUT2D eigenvalue weighted by Gasteiger charge is -2.42. The minimum absolute atomic E-state index is 0.148. The van der Waals surface area contributed by atoms with Crippen LogP contribution in [0.1, 0.15) is 35.7 Å². The number of nitrogens with two attached hydrogens (primary N) is 1. The molecule has 5 nitrogen and oxygen atoms in total. The molecule has 2 heterocycles. The Balaban J connectivity index is 1.81. The third-order valence-electron chi connectivity index (χ3n) is 4.82. The number of anilines is 1. The van der Waals surface area contributed by atoms with Gasteiger partial charge in [0.25, 0.3) is 5.91 Å². The number of nitrogens with zero attached hydrogens (tertiary/aromatic N) is 2. The topological polar surface area (TPSA) is 61.6 Å². The minimum Gasteiger partial charge on any atom is -0.333 e. The quantitative estimate of drug-likeness (QED) is 0.641. The Morgan fingerprint density at radius 3 is 2.90 bits per heavy atom. The second kappa shape index (κ2) is 5.66. The van der Waals surface area contributed by atoms with Crippen LogP contribution in [0.2, 0.25) is 0 Å². The summed E-state index contributed by atoms with van der Waals surface area (Å²) in [6.07, 6.45) is 2.47. The van der Waals surface area contributed by atoms with Gasteiger partial charge in [0.1, 0.15) is 0 Å². The first-order valence-corrected chi connectivity index (χ1v) is 7.72. The monoisotopic (exact) mass is 288 g/mol. The number of piperazine rings is 1. The van der Waals surface area contributed by atoms with Gasteiger partial charge in [0, 0.05) is 36.4 Å². The molecule has 5 heteroatoms. The van der Waals surface area contributed by atoms with Gasteiger partial charge in [-0.15, -0.1) is 0 Å². The molecule has 0 spiro atoms. The lowest BCUT2D eigenvalue weighted by molar-refractivity contribution is 0.0395. The standard InChI is InChI=1S/C16H24N4O/c1-11-8-13(18-17)5-6-15(11)16(21)20-10-14-4-3-7-19(14)9-12(20)2/h5-6,8,12,14,18H,3-4,7,9-10,17H2,1-2H3. The summed E-state index contributed by atoms with van der Waals surface area (Å²) in [7, 11) is 0. The summed E-state index contributed by atoms with van der Waals surface area (Å²) in [5, 5.41) is 0. The van der Waals surface area contributed by atoms with Gasteiger partial charge in [-0.1, -0.05) is 0 Å². The zero-order chi connectivity index (χ0) is 15.0. The summed E-state index contributed by atoms with van der Waals surface area (Å²) in [6.45, 7) is 7.16. The molecule has 1 aromatic carbocycles. The highest BCUT2D eigenvalue weighted by molar-refractivity contribution is 5.96. The second-order valence-electron chi connectivity index (χ2n) is 6.27. The molecule has 0 aliphatic carbocycles. The Bertz CT molecular complexity index is 545.